The number of halogens is 1. The molecule has 0 saturated heterocycles. The van der Waals surface area contributed by atoms with Crippen LogP contribution in [-0.2, 0) is 9.59 Å². The molecule has 6 nitrogen and oxygen atoms in total. The monoisotopic (exact) mass is 334 g/mol. The van der Waals surface area contributed by atoms with Crippen molar-refractivity contribution < 1.29 is 19.4 Å². The Labute approximate surface area is 138 Å². The molecule has 0 atom stereocenters. The highest BCUT2D eigenvalue weighted by Gasteiger charge is 2.17. The van der Waals surface area contributed by atoms with Crippen molar-refractivity contribution in [2.75, 3.05) is 17.7 Å². The molecule has 2 rings (SSSR count). The molecule has 7 heteroatoms. The number of anilines is 2. The number of hydrogen-bond acceptors (Lipinski definition) is 4. The molecule has 0 saturated carbocycles. The zero-order valence-corrected chi connectivity index (χ0v) is 13.3. The maximum Gasteiger partial charge on any atom is 0.314 e. The smallest absolute Gasteiger partial charge is 0.314 e. The van der Waals surface area contributed by atoms with E-state index in [1.807, 2.05) is 13.0 Å². The van der Waals surface area contributed by atoms with Gasteiger partial charge in [0.15, 0.2) is 0 Å². The highest BCUT2D eigenvalue weighted by molar-refractivity contribution is 6.44. The number of ether oxygens (including phenoxy) is 1. The lowest BCUT2D eigenvalue weighted by Crippen LogP contribution is -2.29. The summed E-state index contributed by atoms with van der Waals surface area (Å²) in [6.45, 7) is 1.85. The molecule has 0 aromatic heterocycles. The molecule has 23 heavy (non-hydrogen) atoms. The molecule has 0 fully saturated rings. The van der Waals surface area contributed by atoms with Crippen molar-refractivity contribution in [3.8, 4) is 11.5 Å². The van der Waals surface area contributed by atoms with Gasteiger partial charge < -0.3 is 20.5 Å². The number of benzene rings is 2. The van der Waals surface area contributed by atoms with Crippen LogP contribution in [0.25, 0.3) is 0 Å². The van der Waals surface area contributed by atoms with E-state index in [4.69, 9.17) is 16.3 Å². The molecule has 3 N–H and O–H groups in total. The standard InChI is InChI=1S/C16H15ClN2O4/c1-9-3-6-14(23-2)12(7-9)19-16(22)15(21)18-11-8-10(17)4-5-13(11)20/h3-8,20H,1-2H3,(H,18,21)(H,19,22). The first kappa shape index (κ1) is 16.6. The lowest BCUT2D eigenvalue weighted by Gasteiger charge is -2.11. The van der Waals surface area contributed by atoms with Crippen LogP contribution in [-0.4, -0.2) is 24.0 Å². The number of hydrogen-bond donors (Lipinski definition) is 3. The fourth-order valence-electron chi connectivity index (χ4n) is 1.89. The predicted molar refractivity (Wildman–Crippen MR) is 88.1 cm³/mol. The van der Waals surface area contributed by atoms with Gasteiger partial charge in [0, 0.05) is 5.02 Å². The summed E-state index contributed by atoms with van der Waals surface area (Å²) in [4.78, 5) is 23.9. The summed E-state index contributed by atoms with van der Waals surface area (Å²) in [5.41, 5.74) is 1.32. The van der Waals surface area contributed by atoms with E-state index in [1.54, 1.807) is 12.1 Å². The van der Waals surface area contributed by atoms with Crippen LogP contribution in [0.3, 0.4) is 0 Å². The van der Waals surface area contributed by atoms with Gasteiger partial charge in [-0.3, -0.25) is 9.59 Å². The first-order valence-electron chi connectivity index (χ1n) is 6.66. The number of amides is 2. The molecular formula is C16H15ClN2O4. The van der Waals surface area contributed by atoms with Crippen molar-refractivity contribution in [1.82, 2.24) is 0 Å². The van der Waals surface area contributed by atoms with E-state index >= 15 is 0 Å². The Hall–Kier alpha value is -2.73. The van der Waals surface area contributed by atoms with Crippen molar-refractivity contribution in [2.45, 2.75) is 6.92 Å². The van der Waals surface area contributed by atoms with E-state index < -0.39 is 11.8 Å². The molecular weight excluding hydrogens is 320 g/mol. The summed E-state index contributed by atoms with van der Waals surface area (Å²) in [6, 6.07) is 9.31. The fourth-order valence-corrected chi connectivity index (χ4v) is 2.06. The second-order valence-corrected chi connectivity index (χ2v) is 5.21. The number of aromatic hydroxyl groups is 1. The third-order valence-corrected chi connectivity index (χ3v) is 3.25. The Bertz CT molecular complexity index is 762. The van der Waals surface area contributed by atoms with Gasteiger partial charge in [-0.05, 0) is 42.8 Å². The molecule has 0 bridgehead atoms. The van der Waals surface area contributed by atoms with E-state index in [-0.39, 0.29) is 11.4 Å². The molecule has 120 valence electrons. The molecule has 2 aromatic rings. The number of carbonyl (C=O) groups excluding carboxylic acids is 2. The van der Waals surface area contributed by atoms with Crippen molar-refractivity contribution in [3.63, 3.8) is 0 Å². The second-order valence-electron chi connectivity index (χ2n) is 4.77. The van der Waals surface area contributed by atoms with Crippen LogP contribution in [0.2, 0.25) is 5.02 Å². The number of rotatable bonds is 3. The lowest BCUT2D eigenvalue weighted by molar-refractivity contribution is -0.133. The van der Waals surface area contributed by atoms with Crippen LogP contribution < -0.4 is 15.4 Å². The Morgan fingerprint density at radius 3 is 2.35 bits per heavy atom. The quantitative estimate of drug-likeness (QED) is 0.595. The first-order chi connectivity index (χ1) is 10.9. The van der Waals surface area contributed by atoms with Gasteiger partial charge in [-0.15, -0.1) is 0 Å². The summed E-state index contributed by atoms with van der Waals surface area (Å²) in [5.74, 6) is -1.59. The van der Waals surface area contributed by atoms with Crippen LogP contribution in [0.4, 0.5) is 11.4 Å². The average molecular weight is 335 g/mol. The van der Waals surface area contributed by atoms with Crippen LogP contribution >= 0.6 is 11.6 Å². The zero-order valence-electron chi connectivity index (χ0n) is 12.5. The predicted octanol–water partition coefficient (Wildman–Crippen LogP) is 2.94. The zero-order chi connectivity index (χ0) is 17.0. The third-order valence-electron chi connectivity index (χ3n) is 3.02. The normalized spacial score (nSPS) is 10.0. The Kier molecular flexibility index (Phi) is 5.08. The molecule has 0 aliphatic carbocycles. The van der Waals surface area contributed by atoms with Crippen LogP contribution in [0.1, 0.15) is 5.56 Å². The minimum Gasteiger partial charge on any atom is -0.506 e. The molecule has 2 amide bonds. The molecule has 0 heterocycles. The minimum absolute atomic E-state index is 0.0499. The SMILES string of the molecule is COc1ccc(C)cc1NC(=O)C(=O)Nc1cc(Cl)ccc1O. The summed E-state index contributed by atoms with van der Waals surface area (Å²) in [5, 5.41) is 14.7. The molecule has 0 radical (unpaired) electrons. The van der Waals surface area contributed by atoms with E-state index in [9.17, 15) is 14.7 Å². The van der Waals surface area contributed by atoms with Gasteiger partial charge in [-0.1, -0.05) is 17.7 Å². The number of aryl methyl sites for hydroxylation is 1. The van der Waals surface area contributed by atoms with Gasteiger partial charge in [-0.2, -0.15) is 0 Å². The van der Waals surface area contributed by atoms with Gasteiger partial charge >= 0.3 is 11.8 Å². The summed E-state index contributed by atoms with van der Waals surface area (Å²) in [7, 11) is 1.46. The number of phenolic OH excluding ortho intramolecular Hbond substituents is 1. The molecule has 0 spiro atoms. The maximum atomic E-state index is 12.0. The molecule has 0 aliphatic rings. The minimum atomic E-state index is -0.939. The van der Waals surface area contributed by atoms with Gasteiger partial charge in [0.25, 0.3) is 0 Å². The highest BCUT2D eigenvalue weighted by atomic mass is 35.5. The lowest BCUT2D eigenvalue weighted by atomic mass is 10.2. The van der Waals surface area contributed by atoms with Crippen molar-refractivity contribution in [3.05, 3.63) is 47.0 Å². The Morgan fingerprint density at radius 2 is 1.70 bits per heavy atom. The van der Waals surface area contributed by atoms with E-state index in [2.05, 4.69) is 10.6 Å². The Balaban J connectivity index is 2.13. The van der Waals surface area contributed by atoms with Crippen LogP contribution in [0, 0.1) is 6.92 Å². The molecule has 2 aromatic carbocycles. The van der Waals surface area contributed by atoms with E-state index in [1.165, 1.54) is 25.3 Å². The highest BCUT2D eigenvalue weighted by Crippen LogP contribution is 2.27. The van der Waals surface area contributed by atoms with Gasteiger partial charge in [0.1, 0.15) is 11.5 Å². The number of phenols is 1. The molecule has 0 aliphatic heterocycles. The molecule has 0 unspecified atom stereocenters. The fraction of sp³-hybridized carbons (Fsp3) is 0.125. The summed E-state index contributed by atoms with van der Waals surface area (Å²) in [6.07, 6.45) is 0. The van der Waals surface area contributed by atoms with Crippen LogP contribution in [0.5, 0.6) is 11.5 Å². The van der Waals surface area contributed by atoms with Crippen LogP contribution in [0.15, 0.2) is 36.4 Å². The van der Waals surface area contributed by atoms with Crippen molar-refractivity contribution in [2.24, 2.45) is 0 Å². The number of carbonyl (C=O) groups is 2. The topological polar surface area (TPSA) is 87.7 Å². The van der Waals surface area contributed by atoms with Gasteiger partial charge in [-0.25, -0.2) is 0 Å². The number of nitrogens with one attached hydrogen (secondary N) is 2. The first-order valence-corrected chi connectivity index (χ1v) is 7.04. The van der Waals surface area contributed by atoms with E-state index in [0.717, 1.165) is 5.56 Å². The van der Waals surface area contributed by atoms with E-state index in [0.29, 0.717) is 16.5 Å². The largest absolute Gasteiger partial charge is 0.506 e. The summed E-state index contributed by atoms with van der Waals surface area (Å²) >= 11 is 5.79. The van der Waals surface area contributed by atoms with Crippen molar-refractivity contribution in [1.29, 1.82) is 0 Å². The summed E-state index contributed by atoms with van der Waals surface area (Å²) < 4.78 is 5.13. The third kappa shape index (κ3) is 4.14. The average Bonchev–Trinajstić information content (AvgIpc) is 2.51. The maximum absolute atomic E-state index is 12.0. The Morgan fingerprint density at radius 1 is 1.04 bits per heavy atom. The number of methoxy groups -OCH3 is 1. The van der Waals surface area contributed by atoms with Gasteiger partial charge in [0.05, 0.1) is 18.5 Å². The van der Waals surface area contributed by atoms with Crippen molar-refractivity contribution >= 4 is 34.8 Å². The second kappa shape index (κ2) is 7.02. The van der Waals surface area contributed by atoms with Gasteiger partial charge in [0.2, 0.25) is 0 Å².